The highest BCUT2D eigenvalue weighted by Gasteiger charge is 2.31. The monoisotopic (exact) mass is 479 g/mol. The summed E-state index contributed by atoms with van der Waals surface area (Å²) in [5.41, 5.74) is 2.38. The number of imide groups is 1. The standard InChI is InChI=1S/C26H25NO6S/c1-31-21-9-5-8-19(15-21)22(33-25(29)18-6-3-2-4-7-18)16-32-20-12-10-17(11-13-20)14-23-24(28)27-26(30)34-23/h2-13,15,22-23,25,29H,14,16H2,1H3,(H,27,28,30). The van der Waals surface area contributed by atoms with E-state index in [1.165, 1.54) is 0 Å². The van der Waals surface area contributed by atoms with Crippen LogP contribution in [0, 0.1) is 0 Å². The first-order chi connectivity index (χ1) is 16.5. The predicted molar refractivity (Wildman–Crippen MR) is 129 cm³/mol. The highest BCUT2D eigenvalue weighted by Crippen LogP contribution is 2.29. The summed E-state index contributed by atoms with van der Waals surface area (Å²) in [5.74, 6) is 1.04. The Hall–Kier alpha value is -3.33. The van der Waals surface area contributed by atoms with Crippen LogP contribution >= 0.6 is 11.8 Å². The average Bonchev–Trinajstić information content (AvgIpc) is 3.19. The van der Waals surface area contributed by atoms with Gasteiger partial charge >= 0.3 is 0 Å². The lowest BCUT2D eigenvalue weighted by Gasteiger charge is -2.23. The van der Waals surface area contributed by atoms with Gasteiger partial charge < -0.3 is 19.3 Å². The number of carbonyl (C=O) groups excluding carboxylic acids is 2. The van der Waals surface area contributed by atoms with Gasteiger partial charge in [-0.15, -0.1) is 0 Å². The van der Waals surface area contributed by atoms with Crippen LogP contribution in [0.3, 0.4) is 0 Å². The lowest BCUT2D eigenvalue weighted by atomic mass is 10.1. The molecular weight excluding hydrogens is 454 g/mol. The molecule has 34 heavy (non-hydrogen) atoms. The van der Waals surface area contributed by atoms with Gasteiger partial charge in [0.2, 0.25) is 5.91 Å². The molecule has 0 spiro atoms. The molecule has 4 rings (SSSR count). The van der Waals surface area contributed by atoms with Crippen LogP contribution in [0.15, 0.2) is 78.9 Å². The molecule has 0 saturated carbocycles. The highest BCUT2D eigenvalue weighted by molar-refractivity contribution is 8.15. The minimum atomic E-state index is -1.12. The van der Waals surface area contributed by atoms with Crippen molar-refractivity contribution in [3.63, 3.8) is 0 Å². The summed E-state index contributed by atoms with van der Waals surface area (Å²) in [6.07, 6.45) is -1.22. The van der Waals surface area contributed by atoms with Crippen molar-refractivity contribution in [3.8, 4) is 11.5 Å². The number of thioether (sulfide) groups is 1. The Bertz CT molecular complexity index is 1120. The van der Waals surface area contributed by atoms with E-state index in [-0.39, 0.29) is 17.8 Å². The number of benzene rings is 3. The Balaban J connectivity index is 1.43. The molecule has 3 atom stereocenters. The molecule has 176 valence electrons. The number of nitrogens with one attached hydrogen (secondary N) is 1. The van der Waals surface area contributed by atoms with Gasteiger partial charge in [-0.1, -0.05) is 66.4 Å². The number of rotatable bonds is 10. The van der Waals surface area contributed by atoms with Gasteiger partial charge in [0, 0.05) is 5.56 Å². The zero-order valence-electron chi connectivity index (χ0n) is 18.5. The van der Waals surface area contributed by atoms with Gasteiger partial charge in [0.1, 0.15) is 24.2 Å². The maximum atomic E-state index is 11.8. The first-order valence-corrected chi connectivity index (χ1v) is 11.7. The van der Waals surface area contributed by atoms with Gasteiger partial charge in [0.25, 0.3) is 5.24 Å². The fourth-order valence-corrected chi connectivity index (χ4v) is 4.40. The maximum Gasteiger partial charge on any atom is 0.286 e. The number of methoxy groups -OCH3 is 1. The summed E-state index contributed by atoms with van der Waals surface area (Å²) in [6, 6.07) is 23.9. The van der Waals surface area contributed by atoms with Gasteiger partial charge in [-0.05, 0) is 41.8 Å². The molecule has 3 aromatic carbocycles. The van der Waals surface area contributed by atoms with Crippen molar-refractivity contribution < 1.29 is 28.9 Å². The average molecular weight is 480 g/mol. The Morgan fingerprint density at radius 1 is 0.941 bits per heavy atom. The lowest BCUT2D eigenvalue weighted by Crippen LogP contribution is -2.25. The van der Waals surface area contributed by atoms with Crippen molar-refractivity contribution in [3.05, 3.63) is 95.6 Å². The van der Waals surface area contributed by atoms with Crippen LogP contribution < -0.4 is 14.8 Å². The van der Waals surface area contributed by atoms with Crippen LogP contribution in [0.25, 0.3) is 0 Å². The molecule has 0 aromatic heterocycles. The minimum Gasteiger partial charge on any atom is -0.497 e. The van der Waals surface area contributed by atoms with Crippen molar-refractivity contribution in [1.82, 2.24) is 5.32 Å². The molecule has 2 amide bonds. The number of amides is 2. The Kier molecular flexibility index (Phi) is 7.84. The van der Waals surface area contributed by atoms with Gasteiger partial charge in [-0.2, -0.15) is 0 Å². The van der Waals surface area contributed by atoms with Crippen LogP contribution in [-0.2, 0) is 16.0 Å². The summed E-state index contributed by atoms with van der Waals surface area (Å²) in [5, 5.41) is 12.2. The number of ether oxygens (including phenoxy) is 3. The molecule has 1 aliphatic rings. The van der Waals surface area contributed by atoms with Gasteiger partial charge in [-0.25, -0.2) is 0 Å². The molecule has 1 fully saturated rings. The molecular formula is C26H25NO6S. The second-order valence-corrected chi connectivity index (χ2v) is 8.88. The summed E-state index contributed by atoms with van der Waals surface area (Å²) < 4.78 is 17.3. The molecule has 0 radical (unpaired) electrons. The number of aliphatic hydroxyl groups excluding tert-OH is 1. The van der Waals surface area contributed by atoms with Crippen LogP contribution in [-0.4, -0.2) is 35.2 Å². The number of hydrogen-bond donors (Lipinski definition) is 2. The van der Waals surface area contributed by atoms with Crippen molar-refractivity contribution in [2.24, 2.45) is 0 Å². The first kappa shape index (κ1) is 23.8. The molecule has 0 aliphatic carbocycles. The van der Waals surface area contributed by atoms with Crippen molar-refractivity contribution in [1.29, 1.82) is 0 Å². The van der Waals surface area contributed by atoms with Crippen LogP contribution in [0.2, 0.25) is 0 Å². The first-order valence-electron chi connectivity index (χ1n) is 10.8. The van der Waals surface area contributed by atoms with Crippen LogP contribution in [0.5, 0.6) is 11.5 Å². The van der Waals surface area contributed by atoms with Crippen molar-refractivity contribution in [2.75, 3.05) is 13.7 Å². The molecule has 2 N–H and O–H groups in total. The Morgan fingerprint density at radius 3 is 2.35 bits per heavy atom. The van der Waals surface area contributed by atoms with Crippen molar-refractivity contribution in [2.45, 2.75) is 24.1 Å². The second-order valence-electron chi connectivity index (χ2n) is 7.71. The van der Waals surface area contributed by atoms with Crippen LogP contribution in [0.1, 0.15) is 29.1 Å². The highest BCUT2D eigenvalue weighted by atomic mass is 32.2. The smallest absolute Gasteiger partial charge is 0.286 e. The van der Waals surface area contributed by atoms with Gasteiger partial charge in [0.15, 0.2) is 6.29 Å². The van der Waals surface area contributed by atoms with E-state index in [4.69, 9.17) is 14.2 Å². The van der Waals surface area contributed by atoms with E-state index in [2.05, 4.69) is 5.32 Å². The molecule has 8 heteroatoms. The van der Waals surface area contributed by atoms with E-state index in [1.807, 2.05) is 66.7 Å². The van der Waals surface area contributed by atoms with Crippen LogP contribution in [0.4, 0.5) is 4.79 Å². The lowest BCUT2D eigenvalue weighted by molar-refractivity contribution is -0.150. The van der Waals surface area contributed by atoms with E-state index in [0.29, 0.717) is 23.5 Å². The molecule has 1 saturated heterocycles. The summed E-state index contributed by atoms with van der Waals surface area (Å²) >= 11 is 1.01. The third-order valence-electron chi connectivity index (χ3n) is 5.36. The molecule has 1 heterocycles. The second kappa shape index (κ2) is 11.2. The quantitative estimate of drug-likeness (QED) is 0.416. The normalized spacial score (nSPS) is 17.2. The third kappa shape index (κ3) is 6.17. The van der Waals surface area contributed by atoms with Gasteiger partial charge in [-0.3, -0.25) is 14.9 Å². The molecule has 1 aliphatic heterocycles. The van der Waals surface area contributed by atoms with E-state index in [9.17, 15) is 14.7 Å². The van der Waals surface area contributed by atoms with Gasteiger partial charge in [0.05, 0.1) is 12.4 Å². The number of aliphatic hydroxyl groups is 1. The molecule has 7 nitrogen and oxygen atoms in total. The summed E-state index contributed by atoms with van der Waals surface area (Å²) in [6.45, 7) is 0.159. The zero-order valence-corrected chi connectivity index (χ0v) is 19.4. The summed E-state index contributed by atoms with van der Waals surface area (Å²) in [4.78, 5) is 23.1. The van der Waals surface area contributed by atoms with E-state index in [1.54, 1.807) is 19.2 Å². The fourth-order valence-electron chi connectivity index (χ4n) is 3.54. The zero-order chi connectivity index (χ0) is 23.9. The van der Waals surface area contributed by atoms with E-state index < -0.39 is 17.6 Å². The van der Waals surface area contributed by atoms with Crippen molar-refractivity contribution >= 4 is 22.9 Å². The molecule has 3 unspecified atom stereocenters. The number of carbonyl (C=O) groups is 2. The molecule has 0 bridgehead atoms. The SMILES string of the molecule is COc1cccc(C(COc2ccc(CC3SC(=O)NC3=O)cc2)OC(O)c2ccccc2)c1. The largest absolute Gasteiger partial charge is 0.497 e. The maximum absolute atomic E-state index is 11.8. The minimum absolute atomic E-state index is 0.159. The fraction of sp³-hybridized carbons (Fsp3) is 0.231. The Labute approximate surface area is 202 Å². The predicted octanol–water partition coefficient (Wildman–Crippen LogP) is 4.42. The van der Waals surface area contributed by atoms with E-state index in [0.717, 1.165) is 22.9 Å². The number of hydrogen-bond acceptors (Lipinski definition) is 7. The Morgan fingerprint density at radius 2 is 1.68 bits per heavy atom. The molecule has 3 aromatic rings. The summed E-state index contributed by atoms with van der Waals surface area (Å²) in [7, 11) is 1.59. The topological polar surface area (TPSA) is 94.1 Å². The van der Waals surface area contributed by atoms with E-state index >= 15 is 0 Å². The third-order valence-corrected chi connectivity index (χ3v) is 6.34.